The van der Waals surface area contributed by atoms with E-state index in [4.69, 9.17) is 19.3 Å². The summed E-state index contributed by atoms with van der Waals surface area (Å²) in [6, 6.07) is 34.0. The van der Waals surface area contributed by atoms with Crippen molar-refractivity contribution >= 4 is 69.5 Å². The molecule has 14 nitrogen and oxygen atoms in total. The van der Waals surface area contributed by atoms with Crippen molar-refractivity contribution in [1.82, 2.24) is 15.2 Å². The molecular formula is C44H39N5O9S3. The molecule has 1 fully saturated rings. The van der Waals surface area contributed by atoms with Crippen molar-refractivity contribution in [1.29, 1.82) is 0 Å². The van der Waals surface area contributed by atoms with Crippen LogP contribution in [0.4, 0.5) is 5.13 Å². The van der Waals surface area contributed by atoms with Crippen molar-refractivity contribution in [2.75, 3.05) is 32.4 Å². The molecule has 4 aromatic carbocycles. The highest BCUT2D eigenvalue weighted by Crippen LogP contribution is 2.44. The number of fused-ring (bicyclic) bond motifs is 1. The summed E-state index contributed by atoms with van der Waals surface area (Å²) in [5, 5.41) is 23.7. The lowest BCUT2D eigenvalue weighted by Crippen LogP contribution is -2.71. The third kappa shape index (κ3) is 8.99. The first kappa shape index (κ1) is 42.6. The van der Waals surface area contributed by atoms with E-state index in [1.54, 1.807) is 30.7 Å². The summed E-state index contributed by atoms with van der Waals surface area (Å²) >= 11 is 3.53. The van der Waals surface area contributed by atoms with Gasteiger partial charge in [-0.1, -0.05) is 108 Å². The predicted molar refractivity (Wildman–Crippen MR) is 234 cm³/mol. The Bertz CT molecular complexity index is 2400. The fourth-order valence-corrected chi connectivity index (χ4v) is 9.92. The van der Waals surface area contributed by atoms with Gasteiger partial charge >= 0.3 is 11.9 Å². The molecule has 5 aromatic rings. The Hall–Kier alpha value is -6.56. The van der Waals surface area contributed by atoms with Gasteiger partial charge in [0.25, 0.3) is 11.8 Å². The van der Waals surface area contributed by atoms with Crippen LogP contribution in [0, 0.1) is 0 Å². The zero-order chi connectivity index (χ0) is 42.9. The third-order valence-corrected chi connectivity index (χ3v) is 12.9. The largest absolute Gasteiger partial charge is 0.497 e. The maximum absolute atomic E-state index is 14.3. The van der Waals surface area contributed by atoms with Crippen LogP contribution in [0.25, 0.3) is 0 Å². The Morgan fingerprint density at radius 2 is 1.57 bits per heavy atom. The van der Waals surface area contributed by atoms with Crippen molar-refractivity contribution in [3.8, 4) is 11.5 Å². The van der Waals surface area contributed by atoms with Gasteiger partial charge in [-0.05, 0) is 34.2 Å². The second-order valence-corrected chi connectivity index (χ2v) is 16.2. The van der Waals surface area contributed by atoms with Gasteiger partial charge in [0.15, 0.2) is 10.8 Å². The Morgan fingerprint density at radius 1 is 0.934 bits per heavy atom. The minimum Gasteiger partial charge on any atom is -0.497 e. The molecule has 312 valence electrons. The number of aliphatic carboxylic acids is 1. The van der Waals surface area contributed by atoms with E-state index in [2.05, 4.69) is 20.5 Å². The lowest BCUT2D eigenvalue weighted by molar-refractivity contribution is -0.150. The SMILES string of the molecule is COC(=O)C=CSC1=C(C(=O)O)N2C(=O)[C@@H](NC(=O)C(=NOCc3ccc(OC)cc3OC)c3csc(NC(c4ccccc4)(c4ccccc4)c4ccccc4)n3)[C@@H]2SC1. The molecule has 0 radical (unpaired) electrons. The Morgan fingerprint density at radius 3 is 2.15 bits per heavy atom. The molecule has 2 atom stereocenters. The number of amides is 2. The fourth-order valence-electron chi connectivity index (χ4n) is 6.85. The lowest BCUT2D eigenvalue weighted by Gasteiger charge is -2.49. The molecule has 2 amide bonds. The minimum absolute atomic E-state index is 0.0927. The number of benzene rings is 4. The first-order valence-corrected chi connectivity index (χ1v) is 21.4. The van der Waals surface area contributed by atoms with Crippen molar-refractivity contribution in [2.24, 2.45) is 5.16 Å². The number of thiazole rings is 1. The number of β-lactam (4-membered cyclic amide) rings is 1. The maximum Gasteiger partial charge on any atom is 0.353 e. The normalized spacial score (nSPS) is 16.3. The molecule has 17 heteroatoms. The Kier molecular flexibility index (Phi) is 13.4. The summed E-state index contributed by atoms with van der Waals surface area (Å²) in [5.41, 5.74) is 2.27. The van der Waals surface area contributed by atoms with Crippen LogP contribution in [0.2, 0.25) is 0 Å². The summed E-state index contributed by atoms with van der Waals surface area (Å²) < 4.78 is 15.4. The number of nitrogens with one attached hydrogen (secondary N) is 2. The first-order chi connectivity index (χ1) is 29.7. The smallest absolute Gasteiger partial charge is 0.353 e. The Labute approximate surface area is 363 Å². The number of carboxylic acids is 1. The van der Waals surface area contributed by atoms with E-state index >= 15 is 0 Å². The summed E-state index contributed by atoms with van der Waals surface area (Å²) in [5.74, 6) is -2.05. The van der Waals surface area contributed by atoms with Gasteiger partial charge in [-0.2, -0.15) is 0 Å². The standard InChI is InChI=1S/C44H39N5O9S3/c1-55-31-20-19-27(33(23-31)56-2)24-58-48-36(39(51)46-37-40(52)49-38(42(53)54)34(26-60-41(37)49)59-22-21-35(50)57-3)32-25-61-43(45-32)47-44(28-13-7-4-8-14-28,29-15-9-5-10-16-29)30-17-11-6-12-18-30/h4-23,25,37,41H,24,26H2,1-3H3,(H,45,47)(H,46,51)(H,53,54)/t37-,41+/m1/s1. The highest BCUT2D eigenvalue weighted by Gasteiger charge is 2.54. The van der Waals surface area contributed by atoms with E-state index in [1.807, 2.05) is 91.0 Å². The number of carbonyl (C=O) groups excluding carboxylic acids is 3. The molecule has 7 rings (SSSR count). The second kappa shape index (κ2) is 19.2. The quantitative estimate of drug-likeness (QED) is 0.0228. The lowest BCUT2D eigenvalue weighted by atomic mass is 9.77. The van der Waals surface area contributed by atoms with Crippen LogP contribution >= 0.6 is 34.9 Å². The van der Waals surface area contributed by atoms with Gasteiger partial charge in [0.2, 0.25) is 0 Å². The van der Waals surface area contributed by atoms with Crippen LogP contribution in [-0.4, -0.2) is 83.0 Å². The summed E-state index contributed by atoms with van der Waals surface area (Å²) in [4.78, 5) is 64.1. The number of oxime groups is 1. The van der Waals surface area contributed by atoms with Gasteiger partial charge in [-0.3, -0.25) is 14.5 Å². The molecule has 1 aromatic heterocycles. The molecule has 3 heterocycles. The second-order valence-electron chi connectivity index (χ2n) is 13.3. The first-order valence-electron chi connectivity index (χ1n) is 18.6. The minimum atomic E-state index is -1.32. The van der Waals surface area contributed by atoms with Crippen LogP contribution in [-0.2, 0) is 40.9 Å². The van der Waals surface area contributed by atoms with Crippen LogP contribution < -0.4 is 20.1 Å². The van der Waals surface area contributed by atoms with E-state index in [-0.39, 0.29) is 29.5 Å². The summed E-state index contributed by atoms with van der Waals surface area (Å²) in [6.07, 6.45) is 1.16. The van der Waals surface area contributed by atoms with Crippen molar-refractivity contribution in [2.45, 2.75) is 23.6 Å². The van der Waals surface area contributed by atoms with Crippen LogP contribution in [0.1, 0.15) is 27.9 Å². The molecule has 0 spiro atoms. The Balaban J connectivity index is 1.21. The average molecular weight is 878 g/mol. The van der Waals surface area contributed by atoms with Crippen LogP contribution in [0.5, 0.6) is 11.5 Å². The highest BCUT2D eigenvalue weighted by molar-refractivity contribution is 8.08. The molecular weight excluding hydrogens is 839 g/mol. The molecule has 0 unspecified atom stereocenters. The van der Waals surface area contributed by atoms with Gasteiger partial charge in [0, 0.05) is 33.7 Å². The summed E-state index contributed by atoms with van der Waals surface area (Å²) in [6.45, 7) is -0.0927. The van der Waals surface area contributed by atoms with Gasteiger partial charge in [-0.15, -0.1) is 23.1 Å². The number of hydrogen-bond donors (Lipinski definition) is 3. The number of rotatable bonds is 17. The number of nitrogens with zero attached hydrogens (tertiary/aromatic N) is 3. The summed E-state index contributed by atoms with van der Waals surface area (Å²) in [7, 11) is 4.28. The molecule has 2 aliphatic heterocycles. The van der Waals surface area contributed by atoms with E-state index in [1.165, 1.54) is 42.7 Å². The van der Waals surface area contributed by atoms with Gasteiger partial charge in [0.1, 0.15) is 46.5 Å². The zero-order valence-corrected chi connectivity index (χ0v) is 35.4. The van der Waals surface area contributed by atoms with E-state index < -0.39 is 40.7 Å². The van der Waals surface area contributed by atoms with Gasteiger partial charge in [-0.25, -0.2) is 14.6 Å². The van der Waals surface area contributed by atoms with Gasteiger partial charge < -0.3 is 34.8 Å². The zero-order valence-electron chi connectivity index (χ0n) is 33.0. The number of aromatic nitrogens is 1. The van der Waals surface area contributed by atoms with E-state index in [9.17, 15) is 24.3 Å². The number of methoxy groups -OCH3 is 3. The van der Waals surface area contributed by atoms with E-state index in [0.29, 0.717) is 27.1 Å². The molecule has 0 saturated carbocycles. The van der Waals surface area contributed by atoms with E-state index in [0.717, 1.165) is 39.4 Å². The van der Waals surface area contributed by atoms with Crippen molar-refractivity contribution < 1.29 is 43.3 Å². The fraction of sp³-hybridized carbons (Fsp3) is 0.182. The number of thioether (sulfide) groups is 2. The molecule has 1 saturated heterocycles. The van der Waals surface area contributed by atoms with Crippen molar-refractivity contribution in [3.05, 3.63) is 165 Å². The third-order valence-electron chi connectivity index (χ3n) is 9.78. The maximum atomic E-state index is 14.3. The molecule has 3 N–H and O–H groups in total. The highest BCUT2D eigenvalue weighted by atomic mass is 32.2. The average Bonchev–Trinajstić information content (AvgIpc) is 3.76. The number of anilines is 1. The molecule has 61 heavy (non-hydrogen) atoms. The number of carboxylic acid groups (broad SMARTS) is 1. The van der Waals surface area contributed by atoms with Crippen LogP contribution in [0.15, 0.2) is 142 Å². The number of hydrogen-bond acceptors (Lipinski definition) is 14. The monoisotopic (exact) mass is 877 g/mol. The topological polar surface area (TPSA) is 178 Å². The predicted octanol–water partition coefficient (Wildman–Crippen LogP) is 6.60. The molecule has 0 bridgehead atoms. The van der Waals surface area contributed by atoms with Crippen LogP contribution in [0.3, 0.4) is 0 Å². The number of carbonyl (C=O) groups is 4. The number of ether oxygens (including phenoxy) is 3. The van der Waals surface area contributed by atoms with Gasteiger partial charge in [0.05, 0.1) is 21.3 Å². The molecule has 2 aliphatic rings. The van der Waals surface area contributed by atoms with Crippen molar-refractivity contribution in [3.63, 3.8) is 0 Å². The molecule has 0 aliphatic carbocycles. The number of esters is 1.